The monoisotopic (exact) mass is 623 g/mol. The van der Waals surface area contributed by atoms with Crippen LogP contribution >= 0.6 is 0 Å². The van der Waals surface area contributed by atoms with Gasteiger partial charge in [-0.15, -0.1) is 0 Å². The van der Waals surface area contributed by atoms with Crippen LogP contribution in [0.5, 0.6) is 0 Å². The van der Waals surface area contributed by atoms with E-state index in [4.69, 9.17) is 0 Å². The van der Waals surface area contributed by atoms with Crippen molar-refractivity contribution in [3.05, 3.63) is 35.9 Å². The molecule has 0 aromatic heterocycles. The van der Waals surface area contributed by atoms with Crippen LogP contribution in [0.25, 0.3) is 0 Å². The van der Waals surface area contributed by atoms with E-state index in [1.54, 1.807) is 7.05 Å². The quantitative estimate of drug-likeness (QED) is 0.207. The van der Waals surface area contributed by atoms with E-state index < -0.39 is 41.6 Å². The molecule has 1 aliphatic heterocycles. The Morgan fingerprint density at radius 2 is 1.67 bits per heavy atom. The predicted molar refractivity (Wildman–Crippen MR) is 169 cm³/mol. The van der Waals surface area contributed by atoms with Gasteiger partial charge < -0.3 is 26.2 Å². The Balaban J connectivity index is 1.47. The standard InChI is InChI=1S/C34H49N5O6/c1-3-10-27(32(43)37-26(21-24-19-20-35-31(24)42)30(41)33(44)36-25-16-17-25)39(2)34(45)29(23-13-8-5-9-14-23)38-28(40)18-15-22-11-6-4-7-12-22/h4,6-7,11-12,23-27,29H,3,5,8-10,13-21H2,1-2H3,(H,35,42)(H,36,44)(H,37,43)(H,38,40)/t24-,26-,27-,29+/m0/s1. The highest BCUT2D eigenvalue weighted by atomic mass is 16.2. The number of carbonyl (C=O) groups is 6. The van der Waals surface area contributed by atoms with Crippen LogP contribution in [0.3, 0.4) is 0 Å². The van der Waals surface area contributed by atoms with Gasteiger partial charge in [0.1, 0.15) is 12.1 Å². The molecular formula is C34H49N5O6. The largest absolute Gasteiger partial charge is 0.356 e. The first kappa shape index (κ1) is 34.1. The predicted octanol–water partition coefficient (Wildman–Crippen LogP) is 2.17. The van der Waals surface area contributed by atoms with Crippen LogP contribution in [0.1, 0.15) is 89.5 Å². The summed E-state index contributed by atoms with van der Waals surface area (Å²) in [6.07, 6.45) is 8.46. The lowest BCUT2D eigenvalue weighted by Crippen LogP contribution is -2.58. The zero-order valence-corrected chi connectivity index (χ0v) is 26.6. The first-order valence-corrected chi connectivity index (χ1v) is 16.7. The number of hydrogen-bond donors (Lipinski definition) is 4. The van der Waals surface area contributed by atoms with Gasteiger partial charge in [-0.1, -0.05) is 62.9 Å². The SMILES string of the molecule is CCC[C@@H](C(=O)N[C@@H](C[C@@H]1CCNC1=O)C(=O)C(=O)NC1CC1)N(C)C(=O)[C@H](NC(=O)CCc1ccccc1)C1CCCCC1. The minimum Gasteiger partial charge on any atom is -0.356 e. The molecule has 11 nitrogen and oxygen atoms in total. The van der Waals surface area contributed by atoms with Crippen LogP contribution in [0.4, 0.5) is 0 Å². The summed E-state index contributed by atoms with van der Waals surface area (Å²) in [7, 11) is 1.56. The summed E-state index contributed by atoms with van der Waals surface area (Å²) in [5.74, 6) is -3.41. The lowest BCUT2D eigenvalue weighted by atomic mass is 9.83. The molecule has 1 aromatic rings. The number of carbonyl (C=O) groups excluding carboxylic acids is 6. The van der Waals surface area contributed by atoms with E-state index in [2.05, 4.69) is 21.3 Å². The van der Waals surface area contributed by atoms with Crippen LogP contribution in [-0.2, 0) is 35.2 Å². The Labute approximate surface area is 266 Å². The molecule has 0 radical (unpaired) electrons. The molecule has 4 atom stereocenters. The molecule has 0 spiro atoms. The molecule has 1 saturated heterocycles. The molecule has 3 fully saturated rings. The maximum absolute atomic E-state index is 14.1. The fraction of sp³-hybridized carbons (Fsp3) is 0.647. The molecule has 0 unspecified atom stereocenters. The first-order valence-electron chi connectivity index (χ1n) is 16.7. The van der Waals surface area contributed by atoms with Crippen molar-refractivity contribution in [3.8, 4) is 0 Å². The third-order valence-corrected chi connectivity index (χ3v) is 9.32. The Kier molecular flexibility index (Phi) is 12.5. The highest BCUT2D eigenvalue weighted by Crippen LogP contribution is 2.28. The number of nitrogens with zero attached hydrogens (tertiary/aromatic N) is 1. The highest BCUT2D eigenvalue weighted by Gasteiger charge is 2.40. The van der Waals surface area contributed by atoms with Gasteiger partial charge in [0.2, 0.25) is 29.4 Å². The molecule has 2 saturated carbocycles. The molecule has 11 heteroatoms. The van der Waals surface area contributed by atoms with Gasteiger partial charge in [0.15, 0.2) is 0 Å². The normalized spacial score (nSPS) is 20.3. The number of Topliss-reactive ketones (excluding diaryl/α,β-unsaturated/α-hetero) is 1. The fourth-order valence-corrected chi connectivity index (χ4v) is 6.44. The summed E-state index contributed by atoms with van der Waals surface area (Å²) in [5, 5.41) is 11.2. The topological polar surface area (TPSA) is 154 Å². The van der Waals surface area contributed by atoms with E-state index >= 15 is 0 Å². The van der Waals surface area contributed by atoms with Gasteiger partial charge in [-0.25, -0.2) is 0 Å². The second-order valence-corrected chi connectivity index (χ2v) is 12.9. The van der Waals surface area contributed by atoms with E-state index in [1.807, 2.05) is 37.3 Å². The van der Waals surface area contributed by atoms with E-state index in [0.717, 1.165) is 50.5 Å². The van der Waals surface area contributed by atoms with Gasteiger partial charge in [0.25, 0.3) is 5.91 Å². The van der Waals surface area contributed by atoms with E-state index in [1.165, 1.54) is 4.90 Å². The summed E-state index contributed by atoms with van der Waals surface area (Å²) in [6, 6.07) is 6.78. The minimum absolute atomic E-state index is 0.00711. The molecule has 1 heterocycles. The number of nitrogens with one attached hydrogen (secondary N) is 4. The van der Waals surface area contributed by atoms with Crippen molar-refractivity contribution < 1.29 is 28.8 Å². The third-order valence-electron chi connectivity index (χ3n) is 9.32. The van der Waals surface area contributed by atoms with Crippen LogP contribution in [-0.4, -0.2) is 78.0 Å². The molecule has 246 valence electrons. The number of benzene rings is 1. The summed E-state index contributed by atoms with van der Waals surface area (Å²) < 4.78 is 0. The Bertz CT molecular complexity index is 1210. The third kappa shape index (κ3) is 9.86. The molecule has 0 bridgehead atoms. The smallest absolute Gasteiger partial charge is 0.289 e. The average molecular weight is 624 g/mol. The Morgan fingerprint density at radius 1 is 0.956 bits per heavy atom. The number of amides is 5. The number of hydrogen-bond acceptors (Lipinski definition) is 6. The van der Waals surface area contributed by atoms with E-state index in [0.29, 0.717) is 32.2 Å². The Hall–Kier alpha value is -3.76. The summed E-state index contributed by atoms with van der Waals surface area (Å²) in [5.41, 5.74) is 1.04. The minimum atomic E-state index is -1.19. The lowest BCUT2D eigenvalue weighted by Gasteiger charge is -2.36. The number of aryl methyl sites for hydroxylation is 1. The van der Waals surface area contributed by atoms with Crippen LogP contribution in [0.2, 0.25) is 0 Å². The first-order chi connectivity index (χ1) is 21.7. The number of likely N-dealkylation sites (N-methyl/N-ethyl adjacent to an activating group) is 1. The molecule has 5 amide bonds. The molecule has 4 N–H and O–H groups in total. The zero-order chi connectivity index (χ0) is 32.3. The van der Waals surface area contributed by atoms with Crippen molar-refractivity contribution in [3.63, 3.8) is 0 Å². The fourth-order valence-electron chi connectivity index (χ4n) is 6.44. The van der Waals surface area contributed by atoms with E-state index in [9.17, 15) is 28.8 Å². The number of rotatable bonds is 16. The van der Waals surface area contributed by atoms with Crippen LogP contribution in [0.15, 0.2) is 30.3 Å². The van der Waals surface area contributed by atoms with Gasteiger partial charge >= 0.3 is 0 Å². The van der Waals surface area contributed by atoms with Crippen molar-refractivity contribution in [2.45, 2.75) is 115 Å². The van der Waals surface area contributed by atoms with Crippen LogP contribution < -0.4 is 21.3 Å². The van der Waals surface area contributed by atoms with Crippen molar-refractivity contribution in [1.82, 2.24) is 26.2 Å². The van der Waals surface area contributed by atoms with Crippen molar-refractivity contribution in [1.29, 1.82) is 0 Å². The zero-order valence-electron chi connectivity index (χ0n) is 26.6. The second-order valence-electron chi connectivity index (χ2n) is 12.9. The summed E-state index contributed by atoms with van der Waals surface area (Å²) >= 11 is 0. The number of ketones is 1. The van der Waals surface area contributed by atoms with Gasteiger partial charge in [-0.3, -0.25) is 28.8 Å². The summed E-state index contributed by atoms with van der Waals surface area (Å²) in [6.45, 7) is 2.37. The molecule has 4 rings (SSSR count). The van der Waals surface area contributed by atoms with Gasteiger partial charge in [-0.2, -0.15) is 0 Å². The van der Waals surface area contributed by atoms with Crippen molar-refractivity contribution >= 4 is 35.3 Å². The highest BCUT2D eigenvalue weighted by molar-refractivity contribution is 6.38. The van der Waals surface area contributed by atoms with Crippen molar-refractivity contribution in [2.75, 3.05) is 13.6 Å². The molecule has 3 aliphatic rings. The van der Waals surface area contributed by atoms with Gasteiger partial charge in [0, 0.05) is 32.0 Å². The maximum Gasteiger partial charge on any atom is 0.289 e. The van der Waals surface area contributed by atoms with Crippen molar-refractivity contribution in [2.24, 2.45) is 11.8 Å². The van der Waals surface area contributed by atoms with Crippen LogP contribution in [0, 0.1) is 11.8 Å². The molecule has 45 heavy (non-hydrogen) atoms. The molecule has 2 aliphatic carbocycles. The second kappa shape index (κ2) is 16.5. The molecule has 1 aromatic carbocycles. The van der Waals surface area contributed by atoms with Gasteiger partial charge in [-0.05, 0) is 62.8 Å². The van der Waals surface area contributed by atoms with Gasteiger partial charge in [0.05, 0.1) is 6.04 Å². The average Bonchev–Trinajstić information content (AvgIpc) is 3.78. The molecular weight excluding hydrogens is 574 g/mol. The van der Waals surface area contributed by atoms with E-state index in [-0.39, 0.29) is 42.5 Å². The lowest BCUT2D eigenvalue weighted by molar-refractivity contribution is -0.145. The maximum atomic E-state index is 14.1. The summed E-state index contributed by atoms with van der Waals surface area (Å²) in [4.78, 5) is 80.7. The Morgan fingerprint density at radius 3 is 2.29 bits per heavy atom.